The molecule has 0 saturated heterocycles. The lowest BCUT2D eigenvalue weighted by Crippen LogP contribution is -2.28. The van der Waals surface area contributed by atoms with Crippen LogP contribution >= 0.6 is 0 Å². The normalized spacial score (nSPS) is 15.0. The van der Waals surface area contributed by atoms with Gasteiger partial charge in [0, 0.05) is 13.2 Å². The van der Waals surface area contributed by atoms with Gasteiger partial charge in [0.1, 0.15) is 0 Å². The van der Waals surface area contributed by atoms with Gasteiger partial charge >= 0.3 is 0 Å². The molecule has 1 aromatic heterocycles. The van der Waals surface area contributed by atoms with Crippen LogP contribution in [0.25, 0.3) is 0 Å². The summed E-state index contributed by atoms with van der Waals surface area (Å²) >= 11 is 0. The molecule has 1 N–H and O–H groups in total. The fourth-order valence-electron chi connectivity index (χ4n) is 2.08. The van der Waals surface area contributed by atoms with Crippen LogP contribution in [0.3, 0.4) is 0 Å². The molecule has 2 unspecified atom stereocenters. The second kappa shape index (κ2) is 7.57. The van der Waals surface area contributed by atoms with Crippen molar-refractivity contribution in [2.75, 3.05) is 13.1 Å². The molecule has 0 fully saturated rings. The van der Waals surface area contributed by atoms with E-state index in [0.717, 1.165) is 37.3 Å². The van der Waals surface area contributed by atoms with Crippen molar-refractivity contribution >= 4 is 0 Å². The van der Waals surface area contributed by atoms with Crippen molar-refractivity contribution in [1.29, 1.82) is 0 Å². The molecule has 0 aliphatic heterocycles. The maximum atomic E-state index is 4.21. The molecular weight excluding hydrogens is 222 g/mol. The minimum absolute atomic E-state index is 0.737. The topological polar surface area (TPSA) is 29.9 Å². The van der Waals surface area contributed by atoms with E-state index in [-0.39, 0.29) is 0 Å². The van der Waals surface area contributed by atoms with Crippen LogP contribution in [-0.2, 0) is 13.5 Å². The minimum atomic E-state index is 0.737. The van der Waals surface area contributed by atoms with Crippen LogP contribution in [-0.4, -0.2) is 22.9 Å². The second-order valence-corrected chi connectivity index (χ2v) is 6.07. The third-order valence-electron chi connectivity index (χ3n) is 3.64. The smallest absolute Gasteiger partial charge is 0.0521 e. The lowest BCUT2D eigenvalue weighted by molar-refractivity contribution is 0.341. The molecule has 0 radical (unpaired) electrons. The number of rotatable bonds is 8. The molecule has 0 saturated carbocycles. The van der Waals surface area contributed by atoms with E-state index in [4.69, 9.17) is 0 Å². The maximum Gasteiger partial charge on any atom is 0.0521 e. The zero-order chi connectivity index (χ0) is 13.5. The van der Waals surface area contributed by atoms with Crippen LogP contribution in [0.15, 0.2) is 12.4 Å². The Bertz CT molecular complexity index is 330. The van der Waals surface area contributed by atoms with Crippen LogP contribution in [0, 0.1) is 17.8 Å². The van der Waals surface area contributed by atoms with Crippen molar-refractivity contribution in [3.63, 3.8) is 0 Å². The highest BCUT2D eigenvalue weighted by atomic mass is 15.2. The molecular formula is C15H29N3. The largest absolute Gasteiger partial charge is 0.316 e. The van der Waals surface area contributed by atoms with Crippen LogP contribution < -0.4 is 5.32 Å². The summed E-state index contributed by atoms with van der Waals surface area (Å²) in [4.78, 5) is 0. The summed E-state index contributed by atoms with van der Waals surface area (Å²) in [6.07, 6.45) is 6.49. The predicted molar refractivity (Wildman–Crippen MR) is 77.6 cm³/mol. The highest BCUT2D eigenvalue weighted by molar-refractivity contribution is 5.03. The highest BCUT2D eigenvalue weighted by Crippen LogP contribution is 2.17. The number of nitrogens with one attached hydrogen (secondary N) is 1. The van der Waals surface area contributed by atoms with Gasteiger partial charge in [-0.05, 0) is 49.2 Å². The van der Waals surface area contributed by atoms with Gasteiger partial charge in [-0.25, -0.2) is 0 Å². The first-order valence-corrected chi connectivity index (χ1v) is 7.17. The average molecular weight is 251 g/mol. The number of aromatic nitrogens is 2. The standard InChI is InChI=1S/C15H29N3/c1-12(2)8-16-9-14(4)13(3)6-7-15-10-17-18(5)11-15/h10-14,16H,6-9H2,1-5H3. The quantitative estimate of drug-likeness (QED) is 0.770. The Morgan fingerprint density at radius 1 is 1.17 bits per heavy atom. The summed E-state index contributed by atoms with van der Waals surface area (Å²) in [6.45, 7) is 11.5. The summed E-state index contributed by atoms with van der Waals surface area (Å²) in [5.74, 6) is 2.23. The molecule has 2 atom stereocenters. The molecule has 1 aromatic rings. The van der Waals surface area contributed by atoms with Crippen LogP contribution in [0.2, 0.25) is 0 Å². The van der Waals surface area contributed by atoms with Crippen molar-refractivity contribution in [2.24, 2.45) is 24.8 Å². The Morgan fingerprint density at radius 3 is 2.44 bits per heavy atom. The zero-order valence-corrected chi connectivity index (χ0v) is 12.6. The summed E-state index contributed by atoms with van der Waals surface area (Å²) < 4.78 is 1.88. The van der Waals surface area contributed by atoms with E-state index in [1.807, 2.05) is 17.9 Å². The molecule has 104 valence electrons. The van der Waals surface area contributed by atoms with Crippen molar-refractivity contribution in [3.05, 3.63) is 18.0 Å². The third-order valence-corrected chi connectivity index (χ3v) is 3.64. The maximum absolute atomic E-state index is 4.21. The zero-order valence-electron chi connectivity index (χ0n) is 12.6. The van der Waals surface area contributed by atoms with Gasteiger partial charge in [-0.15, -0.1) is 0 Å². The van der Waals surface area contributed by atoms with Gasteiger partial charge in [0.05, 0.1) is 6.20 Å². The van der Waals surface area contributed by atoms with Gasteiger partial charge in [0.2, 0.25) is 0 Å². The van der Waals surface area contributed by atoms with E-state index in [2.05, 4.69) is 44.3 Å². The first-order valence-electron chi connectivity index (χ1n) is 7.17. The molecule has 0 aromatic carbocycles. The van der Waals surface area contributed by atoms with E-state index in [1.165, 1.54) is 12.0 Å². The number of nitrogens with zero attached hydrogens (tertiary/aromatic N) is 2. The van der Waals surface area contributed by atoms with Gasteiger partial charge < -0.3 is 5.32 Å². The Balaban J connectivity index is 2.20. The fraction of sp³-hybridized carbons (Fsp3) is 0.800. The van der Waals surface area contributed by atoms with Crippen LogP contribution in [0.4, 0.5) is 0 Å². The molecule has 0 bridgehead atoms. The summed E-state index contributed by atoms with van der Waals surface area (Å²) in [5, 5.41) is 7.76. The Kier molecular flexibility index (Phi) is 6.41. The molecule has 0 amide bonds. The third kappa shape index (κ3) is 5.67. The van der Waals surface area contributed by atoms with Gasteiger partial charge in [-0.2, -0.15) is 5.10 Å². The lowest BCUT2D eigenvalue weighted by Gasteiger charge is -2.20. The molecule has 1 heterocycles. The Hall–Kier alpha value is -0.830. The summed E-state index contributed by atoms with van der Waals surface area (Å²) in [5.41, 5.74) is 1.35. The molecule has 0 aliphatic carbocycles. The van der Waals surface area contributed by atoms with Crippen molar-refractivity contribution in [2.45, 2.75) is 40.5 Å². The minimum Gasteiger partial charge on any atom is -0.316 e. The van der Waals surface area contributed by atoms with E-state index < -0.39 is 0 Å². The van der Waals surface area contributed by atoms with Gasteiger partial charge in [-0.1, -0.05) is 27.7 Å². The fourth-order valence-corrected chi connectivity index (χ4v) is 2.08. The Labute approximate surface area is 112 Å². The molecule has 0 aliphatic rings. The first-order chi connectivity index (χ1) is 8.49. The van der Waals surface area contributed by atoms with Crippen molar-refractivity contribution in [1.82, 2.24) is 15.1 Å². The number of aryl methyl sites for hydroxylation is 2. The Morgan fingerprint density at radius 2 is 1.89 bits per heavy atom. The first kappa shape index (κ1) is 15.2. The van der Waals surface area contributed by atoms with Crippen LogP contribution in [0.1, 0.15) is 39.7 Å². The van der Waals surface area contributed by atoms with E-state index >= 15 is 0 Å². The van der Waals surface area contributed by atoms with Gasteiger partial charge in [0.25, 0.3) is 0 Å². The van der Waals surface area contributed by atoms with Gasteiger partial charge in [-0.3, -0.25) is 4.68 Å². The lowest BCUT2D eigenvalue weighted by atomic mass is 9.90. The summed E-state index contributed by atoms with van der Waals surface area (Å²) in [7, 11) is 1.98. The average Bonchev–Trinajstić information content (AvgIpc) is 2.71. The number of hydrogen-bond acceptors (Lipinski definition) is 2. The van der Waals surface area contributed by atoms with Crippen LogP contribution in [0.5, 0.6) is 0 Å². The molecule has 18 heavy (non-hydrogen) atoms. The summed E-state index contributed by atoms with van der Waals surface area (Å²) in [6, 6.07) is 0. The van der Waals surface area contributed by atoms with E-state index in [1.54, 1.807) is 0 Å². The van der Waals surface area contributed by atoms with Gasteiger partial charge in [0.15, 0.2) is 0 Å². The highest BCUT2D eigenvalue weighted by Gasteiger charge is 2.12. The van der Waals surface area contributed by atoms with E-state index in [9.17, 15) is 0 Å². The monoisotopic (exact) mass is 251 g/mol. The molecule has 0 spiro atoms. The molecule has 3 heteroatoms. The number of hydrogen-bond donors (Lipinski definition) is 1. The van der Waals surface area contributed by atoms with E-state index in [0.29, 0.717) is 0 Å². The van der Waals surface area contributed by atoms with Crippen molar-refractivity contribution < 1.29 is 0 Å². The molecule has 3 nitrogen and oxygen atoms in total. The molecule has 1 rings (SSSR count). The predicted octanol–water partition coefficient (Wildman–Crippen LogP) is 2.87. The SMILES string of the molecule is CC(C)CNCC(C)C(C)CCc1cnn(C)c1. The second-order valence-electron chi connectivity index (χ2n) is 6.07. The van der Waals surface area contributed by atoms with Crippen molar-refractivity contribution in [3.8, 4) is 0 Å².